The fourth-order valence-electron chi connectivity index (χ4n) is 2.68. The van der Waals surface area contributed by atoms with Crippen molar-refractivity contribution in [3.05, 3.63) is 41.9 Å². The first kappa shape index (κ1) is 15.3. The van der Waals surface area contributed by atoms with Crippen LogP contribution in [0.25, 0.3) is 5.82 Å². The molecule has 2 aromatic heterocycles. The Labute approximate surface area is 132 Å². The normalized spacial score (nSPS) is 19.6. The lowest BCUT2D eigenvalue weighted by Crippen LogP contribution is -2.41. The van der Waals surface area contributed by atoms with Gasteiger partial charge in [0.15, 0.2) is 0 Å². The van der Waals surface area contributed by atoms with E-state index in [1.165, 1.54) is 11.4 Å². The van der Waals surface area contributed by atoms with Crippen LogP contribution in [0.1, 0.15) is 39.1 Å². The molecule has 2 aromatic rings. The third-order valence-corrected chi connectivity index (χ3v) is 4.80. The molecule has 22 heavy (non-hydrogen) atoms. The molecule has 1 saturated heterocycles. The molecular weight excluding hydrogens is 275 g/mol. The van der Waals surface area contributed by atoms with Gasteiger partial charge in [0.05, 0.1) is 11.2 Å². The molecule has 0 radical (unpaired) electrons. The van der Waals surface area contributed by atoms with Gasteiger partial charge in [-0.15, -0.1) is 0 Å². The maximum Gasteiger partial charge on any atom is 0.496 e. The fourth-order valence-corrected chi connectivity index (χ4v) is 2.68. The number of hydrogen-bond donors (Lipinski definition) is 0. The second kappa shape index (κ2) is 4.96. The number of pyridine rings is 1. The van der Waals surface area contributed by atoms with Crippen LogP contribution in [0.4, 0.5) is 0 Å². The van der Waals surface area contributed by atoms with Gasteiger partial charge in [0.2, 0.25) is 0 Å². The molecule has 0 spiro atoms. The maximum atomic E-state index is 6.06. The Morgan fingerprint density at radius 1 is 0.909 bits per heavy atom. The first-order chi connectivity index (χ1) is 10.2. The Balaban J connectivity index is 1.87. The lowest BCUT2D eigenvalue weighted by molar-refractivity contribution is 0.00578. The Hall–Kier alpha value is -1.59. The van der Waals surface area contributed by atoms with Gasteiger partial charge in [0.1, 0.15) is 5.82 Å². The molecule has 116 valence electrons. The van der Waals surface area contributed by atoms with E-state index in [1.807, 2.05) is 18.3 Å². The van der Waals surface area contributed by atoms with Gasteiger partial charge in [-0.3, -0.25) is 0 Å². The van der Waals surface area contributed by atoms with E-state index >= 15 is 0 Å². The Kier molecular flexibility index (Phi) is 3.46. The molecule has 1 fully saturated rings. The van der Waals surface area contributed by atoms with E-state index in [2.05, 4.69) is 63.2 Å². The highest BCUT2D eigenvalue weighted by Gasteiger charge is 2.51. The third kappa shape index (κ3) is 2.38. The largest absolute Gasteiger partial charge is 0.496 e. The van der Waals surface area contributed by atoms with Crippen molar-refractivity contribution in [3.8, 4) is 5.82 Å². The number of hydrogen-bond acceptors (Lipinski definition) is 3. The SMILES string of the molecule is Cc1ccc(C)n1-c1ccc(B2OC(C)(C)C(C)(C)O2)cn1. The van der Waals surface area contributed by atoms with Crippen LogP contribution >= 0.6 is 0 Å². The first-order valence-electron chi connectivity index (χ1n) is 7.68. The summed E-state index contributed by atoms with van der Waals surface area (Å²) in [6.45, 7) is 12.4. The van der Waals surface area contributed by atoms with Crippen molar-refractivity contribution in [3.63, 3.8) is 0 Å². The highest BCUT2D eigenvalue weighted by Crippen LogP contribution is 2.36. The van der Waals surface area contributed by atoms with Gasteiger partial charge >= 0.3 is 7.12 Å². The van der Waals surface area contributed by atoms with Crippen LogP contribution < -0.4 is 5.46 Å². The topological polar surface area (TPSA) is 36.3 Å². The van der Waals surface area contributed by atoms with Crippen molar-refractivity contribution in [1.82, 2.24) is 9.55 Å². The molecule has 3 rings (SSSR count). The van der Waals surface area contributed by atoms with E-state index in [4.69, 9.17) is 9.31 Å². The van der Waals surface area contributed by atoms with Gasteiger partial charge in [-0.1, -0.05) is 6.07 Å². The standard InChI is InChI=1S/C17H23BN2O2/c1-12-7-8-13(2)20(12)15-10-9-14(11-19-15)18-21-16(3,4)17(5,6)22-18/h7-11H,1-6H3. The van der Waals surface area contributed by atoms with E-state index in [9.17, 15) is 0 Å². The number of rotatable bonds is 2. The molecule has 0 N–H and O–H groups in total. The average molecular weight is 298 g/mol. The third-order valence-electron chi connectivity index (χ3n) is 4.80. The van der Waals surface area contributed by atoms with E-state index in [0.29, 0.717) is 0 Å². The molecular formula is C17H23BN2O2. The predicted molar refractivity (Wildman–Crippen MR) is 88.8 cm³/mol. The first-order valence-corrected chi connectivity index (χ1v) is 7.68. The van der Waals surface area contributed by atoms with Crippen LogP contribution in [0.5, 0.6) is 0 Å². The number of aromatic nitrogens is 2. The molecule has 3 heterocycles. The summed E-state index contributed by atoms with van der Waals surface area (Å²) in [6.07, 6.45) is 1.84. The van der Waals surface area contributed by atoms with Crippen LogP contribution in [-0.4, -0.2) is 27.9 Å². The lowest BCUT2D eigenvalue weighted by Gasteiger charge is -2.32. The summed E-state index contributed by atoms with van der Waals surface area (Å²) in [5.74, 6) is 0.917. The molecule has 0 saturated carbocycles. The molecule has 0 atom stereocenters. The summed E-state index contributed by atoms with van der Waals surface area (Å²) in [5, 5.41) is 0. The van der Waals surface area contributed by atoms with Crippen molar-refractivity contribution in [2.45, 2.75) is 52.7 Å². The van der Waals surface area contributed by atoms with Crippen LogP contribution in [0, 0.1) is 13.8 Å². The Bertz CT molecular complexity index is 654. The van der Waals surface area contributed by atoms with Gasteiger partial charge in [0, 0.05) is 23.0 Å². The summed E-state index contributed by atoms with van der Waals surface area (Å²) in [6, 6.07) is 8.24. The molecule has 1 aliphatic rings. The van der Waals surface area contributed by atoms with Crippen molar-refractivity contribution in [1.29, 1.82) is 0 Å². The molecule has 0 aliphatic carbocycles. The zero-order valence-corrected chi connectivity index (χ0v) is 14.2. The highest BCUT2D eigenvalue weighted by molar-refractivity contribution is 6.62. The van der Waals surface area contributed by atoms with Crippen molar-refractivity contribution >= 4 is 12.6 Å². The van der Waals surface area contributed by atoms with E-state index in [1.54, 1.807) is 0 Å². The van der Waals surface area contributed by atoms with Gasteiger partial charge < -0.3 is 13.9 Å². The van der Waals surface area contributed by atoms with Gasteiger partial charge in [-0.05, 0) is 59.7 Å². The quantitative estimate of drug-likeness (QED) is 0.800. The monoisotopic (exact) mass is 298 g/mol. The molecule has 1 aliphatic heterocycles. The van der Waals surface area contributed by atoms with Crippen molar-refractivity contribution < 1.29 is 9.31 Å². The van der Waals surface area contributed by atoms with Gasteiger partial charge in [-0.25, -0.2) is 4.98 Å². The minimum Gasteiger partial charge on any atom is -0.399 e. The molecule has 5 heteroatoms. The Morgan fingerprint density at radius 3 is 1.91 bits per heavy atom. The summed E-state index contributed by atoms with van der Waals surface area (Å²) >= 11 is 0. The lowest BCUT2D eigenvalue weighted by atomic mass is 9.80. The van der Waals surface area contributed by atoms with Crippen molar-refractivity contribution in [2.24, 2.45) is 0 Å². The maximum absolute atomic E-state index is 6.06. The van der Waals surface area contributed by atoms with Gasteiger partial charge in [0.25, 0.3) is 0 Å². The smallest absolute Gasteiger partial charge is 0.399 e. The Morgan fingerprint density at radius 2 is 1.45 bits per heavy atom. The highest BCUT2D eigenvalue weighted by atomic mass is 16.7. The molecule has 0 unspecified atom stereocenters. The second-order valence-electron chi connectivity index (χ2n) is 6.99. The second-order valence-corrected chi connectivity index (χ2v) is 6.99. The van der Waals surface area contributed by atoms with Crippen molar-refractivity contribution in [2.75, 3.05) is 0 Å². The molecule has 0 aromatic carbocycles. The van der Waals surface area contributed by atoms with Crippen LogP contribution in [0.15, 0.2) is 30.5 Å². The average Bonchev–Trinajstić information content (AvgIpc) is 2.87. The molecule has 0 bridgehead atoms. The number of aryl methyl sites for hydroxylation is 2. The summed E-state index contributed by atoms with van der Waals surface area (Å²) in [7, 11) is -0.363. The van der Waals surface area contributed by atoms with Crippen LogP contribution in [0.2, 0.25) is 0 Å². The summed E-state index contributed by atoms with van der Waals surface area (Å²) in [4.78, 5) is 4.59. The van der Waals surface area contributed by atoms with E-state index < -0.39 is 0 Å². The summed E-state index contributed by atoms with van der Waals surface area (Å²) < 4.78 is 14.3. The molecule has 0 amide bonds. The minimum atomic E-state index is -0.363. The van der Waals surface area contributed by atoms with E-state index in [-0.39, 0.29) is 18.3 Å². The van der Waals surface area contributed by atoms with Gasteiger partial charge in [-0.2, -0.15) is 0 Å². The zero-order valence-electron chi connectivity index (χ0n) is 14.2. The van der Waals surface area contributed by atoms with E-state index in [0.717, 1.165) is 11.3 Å². The zero-order chi connectivity index (χ0) is 16.1. The van der Waals surface area contributed by atoms with Crippen LogP contribution in [0.3, 0.4) is 0 Å². The fraction of sp³-hybridized carbons (Fsp3) is 0.471. The number of nitrogens with zero attached hydrogens (tertiary/aromatic N) is 2. The van der Waals surface area contributed by atoms with Crippen LogP contribution in [-0.2, 0) is 9.31 Å². The predicted octanol–water partition coefficient (Wildman–Crippen LogP) is 2.79. The minimum absolute atomic E-state index is 0.329. The summed E-state index contributed by atoms with van der Waals surface area (Å²) in [5.41, 5.74) is 2.64. The molecule has 4 nitrogen and oxygen atoms in total.